The number of furan rings is 1. The standard InChI is InChI=1S/C16H24NO3P/c1-6-21(18,7-2)14-8-9-19-16(14)15-13(10-11(3)4)17-12(5)20-15/h8-9,11H,6-7,10H2,1-5H3. The van der Waals surface area contributed by atoms with Crippen LogP contribution in [-0.2, 0) is 11.0 Å². The molecule has 116 valence electrons. The van der Waals surface area contributed by atoms with E-state index in [0.29, 0.717) is 35.7 Å². The Bertz CT molecular complexity index is 646. The molecule has 4 nitrogen and oxygen atoms in total. The van der Waals surface area contributed by atoms with E-state index in [9.17, 15) is 4.57 Å². The van der Waals surface area contributed by atoms with Crippen LogP contribution in [0.3, 0.4) is 0 Å². The van der Waals surface area contributed by atoms with Crippen LogP contribution in [0.2, 0.25) is 0 Å². The number of aryl methyl sites for hydroxylation is 1. The van der Waals surface area contributed by atoms with Crippen LogP contribution in [0.5, 0.6) is 0 Å². The first-order chi connectivity index (χ1) is 9.91. The molecule has 0 radical (unpaired) electrons. The summed E-state index contributed by atoms with van der Waals surface area (Å²) in [6, 6.07) is 1.82. The van der Waals surface area contributed by atoms with Crippen molar-refractivity contribution >= 4 is 12.4 Å². The van der Waals surface area contributed by atoms with Crippen LogP contribution in [0, 0.1) is 12.8 Å². The topological polar surface area (TPSA) is 56.2 Å². The largest absolute Gasteiger partial charge is 0.460 e. The molecule has 0 bridgehead atoms. The molecule has 0 aliphatic rings. The Hall–Kier alpha value is -1.28. The first kappa shape index (κ1) is 16.1. The zero-order valence-corrected chi connectivity index (χ0v) is 14.4. The monoisotopic (exact) mass is 309 g/mol. The summed E-state index contributed by atoms with van der Waals surface area (Å²) >= 11 is 0. The van der Waals surface area contributed by atoms with Crippen LogP contribution in [0.4, 0.5) is 0 Å². The van der Waals surface area contributed by atoms with E-state index < -0.39 is 7.14 Å². The van der Waals surface area contributed by atoms with Crippen LogP contribution in [0.15, 0.2) is 21.2 Å². The molecule has 2 heterocycles. The second kappa shape index (κ2) is 6.23. The van der Waals surface area contributed by atoms with Gasteiger partial charge >= 0.3 is 0 Å². The number of hydrogen-bond acceptors (Lipinski definition) is 4. The zero-order valence-electron chi connectivity index (χ0n) is 13.5. The lowest BCUT2D eigenvalue weighted by atomic mass is 10.1. The maximum absolute atomic E-state index is 13.0. The predicted molar refractivity (Wildman–Crippen MR) is 85.8 cm³/mol. The van der Waals surface area contributed by atoms with Crippen molar-refractivity contribution < 1.29 is 13.4 Å². The van der Waals surface area contributed by atoms with Crippen molar-refractivity contribution in [3.63, 3.8) is 0 Å². The summed E-state index contributed by atoms with van der Waals surface area (Å²) in [5, 5.41) is 0.786. The van der Waals surface area contributed by atoms with E-state index in [-0.39, 0.29) is 0 Å². The van der Waals surface area contributed by atoms with Crippen molar-refractivity contribution in [2.45, 2.75) is 41.0 Å². The van der Waals surface area contributed by atoms with Crippen molar-refractivity contribution in [2.75, 3.05) is 12.3 Å². The van der Waals surface area contributed by atoms with Crippen LogP contribution < -0.4 is 5.30 Å². The molecule has 0 aromatic carbocycles. The van der Waals surface area contributed by atoms with E-state index >= 15 is 0 Å². The van der Waals surface area contributed by atoms with E-state index in [4.69, 9.17) is 8.83 Å². The first-order valence-electron chi connectivity index (χ1n) is 7.54. The zero-order chi connectivity index (χ0) is 15.6. The smallest absolute Gasteiger partial charge is 0.193 e. The van der Waals surface area contributed by atoms with E-state index in [1.54, 1.807) is 6.26 Å². The maximum atomic E-state index is 13.0. The van der Waals surface area contributed by atoms with Gasteiger partial charge in [-0.15, -0.1) is 0 Å². The average Bonchev–Trinajstić information content (AvgIpc) is 3.04. The third-order valence-corrected chi connectivity index (χ3v) is 6.99. The summed E-state index contributed by atoms with van der Waals surface area (Å²) in [5.41, 5.74) is 0.887. The molecule has 21 heavy (non-hydrogen) atoms. The van der Waals surface area contributed by atoms with E-state index in [1.165, 1.54) is 0 Å². The Balaban J connectivity index is 2.54. The lowest BCUT2D eigenvalue weighted by molar-refractivity contribution is 0.498. The molecule has 0 fully saturated rings. The molecule has 0 saturated heterocycles. The fraction of sp³-hybridized carbons (Fsp3) is 0.562. The van der Waals surface area contributed by atoms with Gasteiger partial charge in [0, 0.05) is 19.2 Å². The Kier molecular flexibility index (Phi) is 4.77. The highest BCUT2D eigenvalue weighted by Gasteiger charge is 2.29. The molecule has 0 amide bonds. The molecule has 0 spiro atoms. The Morgan fingerprint density at radius 3 is 2.48 bits per heavy atom. The summed E-state index contributed by atoms with van der Waals surface area (Å²) in [7, 11) is -2.42. The van der Waals surface area contributed by atoms with E-state index in [0.717, 1.165) is 17.4 Å². The van der Waals surface area contributed by atoms with Gasteiger partial charge in [0.25, 0.3) is 0 Å². The second-order valence-corrected chi connectivity index (χ2v) is 9.29. The molecule has 0 saturated carbocycles. The first-order valence-corrected chi connectivity index (χ1v) is 9.61. The van der Waals surface area contributed by atoms with Gasteiger partial charge in [-0.3, -0.25) is 0 Å². The molecule has 0 N–H and O–H groups in total. The molecule has 2 aromatic heterocycles. The number of hydrogen-bond donors (Lipinski definition) is 0. The van der Waals surface area contributed by atoms with Gasteiger partial charge in [-0.2, -0.15) is 0 Å². The minimum Gasteiger partial charge on any atom is -0.460 e. The summed E-state index contributed by atoms with van der Waals surface area (Å²) in [4.78, 5) is 4.47. The fourth-order valence-corrected chi connectivity index (χ4v) is 4.52. The van der Waals surface area contributed by atoms with Crippen LogP contribution in [0.25, 0.3) is 11.5 Å². The number of nitrogens with zero attached hydrogens (tertiary/aromatic N) is 1. The maximum Gasteiger partial charge on any atom is 0.193 e. The van der Waals surface area contributed by atoms with Gasteiger partial charge in [-0.1, -0.05) is 27.7 Å². The van der Waals surface area contributed by atoms with Crippen molar-refractivity contribution in [3.05, 3.63) is 23.9 Å². The van der Waals surface area contributed by atoms with Crippen molar-refractivity contribution in [3.8, 4) is 11.5 Å². The fourth-order valence-electron chi connectivity index (χ4n) is 2.53. The average molecular weight is 309 g/mol. The summed E-state index contributed by atoms with van der Waals surface area (Å²) in [6.45, 7) is 10.0. The van der Waals surface area contributed by atoms with Gasteiger partial charge < -0.3 is 13.4 Å². The Labute approximate surface area is 126 Å². The summed E-state index contributed by atoms with van der Waals surface area (Å²) in [6.07, 6.45) is 3.67. The predicted octanol–water partition coefficient (Wildman–Crippen LogP) is 4.47. The van der Waals surface area contributed by atoms with Gasteiger partial charge in [0.05, 0.1) is 17.3 Å². The third kappa shape index (κ3) is 3.16. The highest BCUT2D eigenvalue weighted by Crippen LogP contribution is 2.47. The minimum absolute atomic E-state index is 0.468. The molecule has 2 aromatic rings. The number of rotatable bonds is 6. The highest BCUT2D eigenvalue weighted by atomic mass is 31.2. The highest BCUT2D eigenvalue weighted by molar-refractivity contribution is 7.71. The van der Waals surface area contributed by atoms with Gasteiger partial charge in [0.2, 0.25) is 0 Å². The number of oxazole rings is 1. The summed E-state index contributed by atoms with van der Waals surface area (Å²) < 4.78 is 24.4. The minimum atomic E-state index is -2.42. The van der Waals surface area contributed by atoms with Crippen molar-refractivity contribution in [1.29, 1.82) is 0 Å². The molecular weight excluding hydrogens is 285 g/mol. The quantitative estimate of drug-likeness (QED) is 0.739. The molecule has 5 heteroatoms. The SMILES string of the molecule is CCP(=O)(CC)c1ccoc1-c1oc(C)nc1CC(C)C. The molecule has 0 aliphatic carbocycles. The molecule has 0 aliphatic heterocycles. The molecular formula is C16H24NO3P. The van der Waals surface area contributed by atoms with Gasteiger partial charge in [0.1, 0.15) is 7.14 Å². The van der Waals surface area contributed by atoms with Crippen LogP contribution in [-0.4, -0.2) is 17.3 Å². The lowest BCUT2D eigenvalue weighted by Crippen LogP contribution is -2.09. The normalized spacial score (nSPS) is 12.3. The third-order valence-electron chi connectivity index (χ3n) is 3.72. The summed E-state index contributed by atoms with van der Waals surface area (Å²) in [5.74, 6) is 2.32. The van der Waals surface area contributed by atoms with Crippen LogP contribution in [0.1, 0.15) is 39.3 Å². The van der Waals surface area contributed by atoms with Crippen LogP contribution >= 0.6 is 7.14 Å². The van der Waals surface area contributed by atoms with Gasteiger partial charge in [-0.25, -0.2) is 4.98 Å². The van der Waals surface area contributed by atoms with Gasteiger partial charge in [0.15, 0.2) is 17.4 Å². The number of aromatic nitrogens is 1. The van der Waals surface area contributed by atoms with E-state index in [2.05, 4.69) is 18.8 Å². The van der Waals surface area contributed by atoms with Crippen molar-refractivity contribution in [1.82, 2.24) is 4.98 Å². The molecule has 0 unspecified atom stereocenters. The molecule has 2 rings (SSSR count). The van der Waals surface area contributed by atoms with Gasteiger partial charge in [-0.05, 0) is 18.4 Å². The molecule has 0 atom stereocenters. The Morgan fingerprint density at radius 2 is 1.90 bits per heavy atom. The second-order valence-electron chi connectivity index (χ2n) is 5.76. The Morgan fingerprint density at radius 1 is 1.24 bits per heavy atom. The van der Waals surface area contributed by atoms with E-state index in [1.807, 2.05) is 26.8 Å². The van der Waals surface area contributed by atoms with Crippen molar-refractivity contribution in [2.24, 2.45) is 5.92 Å². The lowest BCUT2D eigenvalue weighted by Gasteiger charge is -2.13.